The molecule has 0 spiro atoms. The lowest BCUT2D eigenvalue weighted by molar-refractivity contribution is -0.126. The van der Waals surface area contributed by atoms with Crippen LogP contribution in [-0.2, 0) is 9.53 Å². The Kier molecular flexibility index (Phi) is 6.73. The van der Waals surface area contributed by atoms with Crippen molar-refractivity contribution >= 4 is 22.4 Å². The fourth-order valence-electron chi connectivity index (χ4n) is 0.415. The van der Waals surface area contributed by atoms with E-state index in [1.165, 1.54) is 7.11 Å². The Balaban J connectivity index is 0.000000218. The molecule has 0 saturated heterocycles. The van der Waals surface area contributed by atoms with Crippen LogP contribution in [0.4, 0.5) is 0 Å². The van der Waals surface area contributed by atoms with Crippen LogP contribution >= 0.6 is 15.9 Å². The van der Waals surface area contributed by atoms with Gasteiger partial charge in [-0.15, -0.1) is 0 Å². The van der Waals surface area contributed by atoms with Gasteiger partial charge in [-0.1, -0.05) is 34.1 Å². The van der Waals surface area contributed by atoms with Crippen LogP contribution in [0.5, 0.6) is 0 Å². The van der Waals surface area contributed by atoms with E-state index in [0.717, 1.165) is 4.47 Å². The van der Waals surface area contributed by atoms with E-state index in [4.69, 9.17) is 4.79 Å². The zero-order valence-corrected chi connectivity index (χ0v) is 7.74. The van der Waals surface area contributed by atoms with E-state index in [0.29, 0.717) is 6.47 Å². The molecule has 0 N–H and O–H groups in total. The van der Waals surface area contributed by atoms with Gasteiger partial charge in [-0.3, -0.25) is 4.79 Å². The van der Waals surface area contributed by atoms with Gasteiger partial charge in [-0.05, 0) is 12.1 Å². The van der Waals surface area contributed by atoms with E-state index in [2.05, 4.69) is 20.7 Å². The van der Waals surface area contributed by atoms with Crippen LogP contribution in [0.15, 0.2) is 34.8 Å². The summed E-state index contributed by atoms with van der Waals surface area (Å²) < 4.78 is 5.00. The highest BCUT2D eigenvalue weighted by molar-refractivity contribution is 9.10. The lowest BCUT2D eigenvalue weighted by Crippen LogP contribution is -1.68. The molecule has 0 aliphatic rings. The number of halogens is 1. The topological polar surface area (TPSA) is 26.3 Å². The molecule has 0 saturated carbocycles. The second-order valence-electron chi connectivity index (χ2n) is 1.63. The Morgan fingerprint density at radius 1 is 1.36 bits per heavy atom. The van der Waals surface area contributed by atoms with Crippen LogP contribution in [0.1, 0.15) is 0 Å². The summed E-state index contributed by atoms with van der Waals surface area (Å²) in [6.45, 7) is 0.375. The molecule has 1 aromatic rings. The summed E-state index contributed by atoms with van der Waals surface area (Å²) in [4.78, 5) is 8.95. The van der Waals surface area contributed by atoms with E-state index >= 15 is 0 Å². The van der Waals surface area contributed by atoms with Gasteiger partial charge in [-0.2, -0.15) is 0 Å². The van der Waals surface area contributed by atoms with Crippen molar-refractivity contribution < 1.29 is 9.53 Å². The molecule has 0 heterocycles. The molecule has 2 nitrogen and oxygen atoms in total. The SMILES string of the molecule is Brc1ccccc1.COC=O. The third-order valence-electron chi connectivity index (χ3n) is 0.829. The van der Waals surface area contributed by atoms with E-state index in [9.17, 15) is 0 Å². The smallest absolute Gasteiger partial charge is 0.292 e. The van der Waals surface area contributed by atoms with Crippen LogP contribution in [0.2, 0.25) is 0 Å². The first-order valence-electron chi connectivity index (χ1n) is 2.98. The normalized spacial score (nSPS) is 7.45. The van der Waals surface area contributed by atoms with Gasteiger partial charge >= 0.3 is 0 Å². The molecular weight excluding hydrogens is 208 g/mol. The van der Waals surface area contributed by atoms with Gasteiger partial charge in [0.15, 0.2) is 0 Å². The summed E-state index contributed by atoms with van der Waals surface area (Å²) in [5.41, 5.74) is 0. The summed E-state index contributed by atoms with van der Waals surface area (Å²) in [6.07, 6.45) is 0. The van der Waals surface area contributed by atoms with Crippen LogP contribution in [-0.4, -0.2) is 13.6 Å². The van der Waals surface area contributed by atoms with Crippen LogP contribution in [0.25, 0.3) is 0 Å². The highest BCUT2D eigenvalue weighted by Gasteiger charge is 1.74. The number of hydrogen-bond donors (Lipinski definition) is 0. The Morgan fingerprint density at radius 2 is 1.82 bits per heavy atom. The summed E-state index contributed by atoms with van der Waals surface area (Å²) in [6, 6.07) is 9.97. The Hall–Kier alpha value is -0.830. The van der Waals surface area contributed by atoms with E-state index < -0.39 is 0 Å². The van der Waals surface area contributed by atoms with E-state index in [-0.39, 0.29) is 0 Å². The molecule has 0 aliphatic heterocycles. The first kappa shape index (κ1) is 10.2. The fraction of sp³-hybridized carbons (Fsp3) is 0.125. The zero-order valence-electron chi connectivity index (χ0n) is 6.16. The minimum atomic E-state index is 0.375. The highest BCUT2D eigenvalue weighted by atomic mass is 79.9. The number of hydrogen-bond acceptors (Lipinski definition) is 2. The first-order valence-corrected chi connectivity index (χ1v) is 3.77. The second kappa shape index (κ2) is 7.28. The number of carbonyl (C=O) groups excluding carboxylic acids is 1. The number of rotatable bonds is 1. The number of carbonyl (C=O) groups is 1. The molecule has 60 valence electrons. The van der Waals surface area contributed by atoms with Crippen molar-refractivity contribution in [3.8, 4) is 0 Å². The molecule has 1 rings (SSSR count). The summed E-state index contributed by atoms with van der Waals surface area (Å²) in [5, 5.41) is 0. The molecule has 0 unspecified atom stereocenters. The fourth-order valence-corrected chi connectivity index (χ4v) is 0.720. The van der Waals surface area contributed by atoms with Crippen molar-refractivity contribution in [1.82, 2.24) is 0 Å². The number of ether oxygens (including phenoxy) is 1. The lowest BCUT2D eigenvalue weighted by Gasteiger charge is -1.80. The predicted molar refractivity (Wildman–Crippen MR) is 47.2 cm³/mol. The Bertz CT molecular complexity index is 187. The van der Waals surface area contributed by atoms with E-state index in [1.807, 2.05) is 30.3 Å². The van der Waals surface area contributed by atoms with Gasteiger partial charge in [0.05, 0.1) is 7.11 Å². The van der Waals surface area contributed by atoms with Crippen molar-refractivity contribution in [3.63, 3.8) is 0 Å². The van der Waals surface area contributed by atoms with Crippen molar-refractivity contribution in [2.75, 3.05) is 7.11 Å². The number of methoxy groups -OCH3 is 1. The van der Waals surface area contributed by atoms with Gasteiger partial charge in [0.25, 0.3) is 6.47 Å². The quantitative estimate of drug-likeness (QED) is 0.674. The van der Waals surface area contributed by atoms with E-state index in [1.54, 1.807) is 0 Å². The highest BCUT2D eigenvalue weighted by Crippen LogP contribution is 2.05. The van der Waals surface area contributed by atoms with Crippen LogP contribution in [0, 0.1) is 0 Å². The molecule has 0 aromatic heterocycles. The maximum absolute atomic E-state index is 8.95. The van der Waals surface area contributed by atoms with Gasteiger partial charge < -0.3 is 4.74 Å². The van der Waals surface area contributed by atoms with Crippen molar-refractivity contribution in [2.45, 2.75) is 0 Å². The van der Waals surface area contributed by atoms with Crippen LogP contribution < -0.4 is 0 Å². The minimum Gasteiger partial charge on any atom is -0.471 e. The maximum Gasteiger partial charge on any atom is 0.292 e. The standard InChI is InChI=1S/C6H5Br.C2H4O2/c7-6-4-2-1-3-5-6;1-4-2-3/h1-5H;2H,1H3. The molecule has 0 radical (unpaired) electrons. The summed E-state index contributed by atoms with van der Waals surface area (Å²) in [5.74, 6) is 0. The molecule has 0 amide bonds. The number of benzene rings is 1. The monoisotopic (exact) mass is 216 g/mol. The summed E-state index contributed by atoms with van der Waals surface area (Å²) >= 11 is 3.31. The van der Waals surface area contributed by atoms with Crippen molar-refractivity contribution in [2.24, 2.45) is 0 Å². The van der Waals surface area contributed by atoms with Crippen molar-refractivity contribution in [1.29, 1.82) is 0 Å². The average Bonchev–Trinajstić information content (AvgIpc) is 2.07. The maximum atomic E-state index is 8.95. The predicted octanol–water partition coefficient (Wildman–Crippen LogP) is 2.24. The molecule has 0 atom stereocenters. The minimum absolute atomic E-state index is 0.375. The van der Waals surface area contributed by atoms with Gasteiger partial charge in [0.2, 0.25) is 0 Å². The molecule has 0 aliphatic carbocycles. The van der Waals surface area contributed by atoms with Gasteiger partial charge in [-0.25, -0.2) is 0 Å². The molecule has 3 heteroatoms. The zero-order chi connectivity index (χ0) is 8.53. The Labute approximate surface area is 74.3 Å². The van der Waals surface area contributed by atoms with Gasteiger partial charge in [0.1, 0.15) is 0 Å². The second-order valence-corrected chi connectivity index (χ2v) is 2.54. The summed E-state index contributed by atoms with van der Waals surface area (Å²) in [7, 11) is 1.31. The third kappa shape index (κ3) is 7.06. The lowest BCUT2D eigenvalue weighted by atomic mass is 10.4. The molecule has 0 bridgehead atoms. The first-order chi connectivity index (χ1) is 5.31. The Morgan fingerprint density at radius 3 is 2.00 bits per heavy atom. The van der Waals surface area contributed by atoms with Crippen LogP contribution in [0.3, 0.4) is 0 Å². The molecule has 11 heavy (non-hydrogen) atoms. The largest absolute Gasteiger partial charge is 0.471 e. The molecule has 1 aromatic carbocycles. The molecule has 0 fully saturated rings. The third-order valence-corrected chi connectivity index (χ3v) is 1.36. The molecular formula is C8H9BrO2. The van der Waals surface area contributed by atoms with Gasteiger partial charge in [0, 0.05) is 4.47 Å². The van der Waals surface area contributed by atoms with Crippen molar-refractivity contribution in [3.05, 3.63) is 34.8 Å². The average molecular weight is 217 g/mol.